The Bertz CT molecular complexity index is 1300. The van der Waals surface area contributed by atoms with E-state index in [0.29, 0.717) is 0 Å². The summed E-state index contributed by atoms with van der Waals surface area (Å²) in [5.41, 5.74) is 7.24. The average Bonchev–Trinajstić information content (AvgIpc) is 2.91. The van der Waals surface area contributed by atoms with Crippen LogP contribution in [-0.2, 0) is 0 Å². The predicted octanol–water partition coefficient (Wildman–Crippen LogP) is 8.09. The van der Waals surface area contributed by atoms with Gasteiger partial charge in [0.2, 0.25) is 0 Å². The van der Waals surface area contributed by atoms with Crippen molar-refractivity contribution in [3.8, 4) is 0 Å². The summed E-state index contributed by atoms with van der Waals surface area (Å²) in [5.74, 6) is 0. The summed E-state index contributed by atoms with van der Waals surface area (Å²) >= 11 is 0. The molecule has 0 spiro atoms. The zero-order valence-electron chi connectivity index (χ0n) is 22.4. The molecule has 0 saturated carbocycles. The third kappa shape index (κ3) is 5.57. The average molecular weight is 519 g/mol. The second-order valence-electron chi connectivity index (χ2n) is 9.99. The molecule has 1 aliphatic rings. The highest BCUT2D eigenvalue weighted by molar-refractivity contribution is 7.77. The van der Waals surface area contributed by atoms with Gasteiger partial charge in [0.25, 0.3) is 0 Å². The van der Waals surface area contributed by atoms with E-state index >= 15 is 0 Å². The third-order valence-electron chi connectivity index (χ3n) is 7.28. The molecule has 0 N–H and O–H groups in total. The number of allylic oxidation sites excluding steroid dienone is 4. The molecule has 2 heteroatoms. The Hall–Kier alpha value is -2.78. The summed E-state index contributed by atoms with van der Waals surface area (Å²) in [6.07, 6.45) is 8.24. The maximum absolute atomic E-state index is 2.47. The number of hydrogen-bond donors (Lipinski definition) is 0. The maximum Gasteiger partial charge on any atom is 0.00111 e. The minimum atomic E-state index is -0.569. The van der Waals surface area contributed by atoms with Crippen LogP contribution in [0.15, 0.2) is 120 Å². The second kappa shape index (κ2) is 11.7. The van der Waals surface area contributed by atoms with E-state index in [0.717, 1.165) is 19.0 Å². The molecule has 37 heavy (non-hydrogen) atoms. The van der Waals surface area contributed by atoms with Gasteiger partial charge < -0.3 is 0 Å². The van der Waals surface area contributed by atoms with Crippen LogP contribution in [0.1, 0.15) is 35.1 Å². The van der Waals surface area contributed by atoms with Gasteiger partial charge in [-0.1, -0.05) is 109 Å². The summed E-state index contributed by atoms with van der Waals surface area (Å²) in [6.45, 7) is 9.21. The van der Waals surface area contributed by atoms with E-state index in [1.165, 1.54) is 32.9 Å². The minimum Gasteiger partial charge on any atom is -0.0839 e. The molecule has 0 aromatic heterocycles. The van der Waals surface area contributed by atoms with Crippen LogP contribution in [0.25, 0.3) is 0 Å². The smallest absolute Gasteiger partial charge is 0.00111 e. The van der Waals surface area contributed by atoms with E-state index in [1.54, 1.807) is 21.5 Å². The van der Waals surface area contributed by atoms with Gasteiger partial charge in [-0.3, -0.25) is 0 Å². The van der Waals surface area contributed by atoms with Gasteiger partial charge in [0.1, 0.15) is 0 Å². The fraction of sp³-hybridized carbons (Fsp3) is 0.200. The molecule has 0 unspecified atom stereocenters. The van der Waals surface area contributed by atoms with E-state index in [-0.39, 0.29) is 0 Å². The van der Waals surface area contributed by atoms with Crippen molar-refractivity contribution in [1.29, 1.82) is 0 Å². The van der Waals surface area contributed by atoms with Gasteiger partial charge in [0.15, 0.2) is 0 Å². The van der Waals surface area contributed by atoms with Crippen LogP contribution in [0.3, 0.4) is 0 Å². The molecule has 0 amide bonds. The topological polar surface area (TPSA) is 0 Å². The first-order chi connectivity index (χ1) is 18.0. The van der Waals surface area contributed by atoms with Crippen molar-refractivity contribution in [3.63, 3.8) is 0 Å². The Labute approximate surface area is 225 Å². The Morgan fingerprint density at radius 2 is 1.03 bits per heavy atom. The standard InChI is InChI=1S/C35H36P2/c1-26-15-13-16-27(2)34(26)36(35-28(3)17-14-18-29(35)4)25-30-19-11-12-24-33(30)37(31-20-7-5-8-21-31)32-22-9-6-10-23-32/h5-11,13-23H,12,24-25H2,1-4H3. The van der Waals surface area contributed by atoms with Crippen molar-refractivity contribution < 1.29 is 0 Å². The van der Waals surface area contributed by atoms with E-state index in [1.807, 2.05) is 0 Å². The lowest BCUT2D eigenvalue weighted by Gasteiger charge is -2.31. The van der Waals surface area contributed by atoms with Crippen LogP contribution in [-0.4, -0.2) is 6.16 Å². The third-order valence-corrected chi connectivity index (χ3v) is 13.1. The molecule has 0 aliphatic heterocycles. The molecular weight excluding hydrogens is 482 g/mol. The first-order valence-electron chi connectivity index (χ1n) is 13.2. The van der Waals surface area contributed by atoms with Gasteiger partial charge in [-0.25, -0.2) is 0 Å². The summed E-state index contributed by atoms with van der Waals surface area (Å²) in [6, 6.07) is 36.1. The van der Waals surface area contributed by atoms with Crippen molar-refractivity contribution in [2.45, 2.75) is 40.5 Å². The predicted molar refractivity (Wildman–Crippen MR) is 167 cm³/mol. The highest BCUT2D eigenvalue weighted by Gasteiger charge is 2.27. The molecule has 5 rings (SSSR count). The first kappa shape index (κ1) is 25.9. The zero-order chi connectivity index (χ0) is 25.8. The maximum atomic E-state index is 2.47. The second-order valence-corrected chi connectivity index (χ2v) is 14.3. The minimum absolute atomic E-state index is 0.545. The Balaban J connectivity index is 1.70. The number of aryl methyl sites for hydroxylation is 4. The van der Waals surface area contributed by atoms with Crippen LogP contribution >= 0.6 is 15.8 Å². The van der Waals surface area contributed by atoms with Crippen molar-refractivity contribution in [3.05, 3.63) is 142 Å². The molecule has 4 aromatic carbocycles. The highest BCUT2D eigenvalue weighted by Crippen LogP contribution is 2.51. The SMILES string of the molecule is Cc1cccc(C)c1P(CC1=C(P(c2ccccc2)c2ccccc2)CCC=C1)c1c(C)cccc1C. The molecule has 0 fully saturated rings. The quantitative estimate of drug-likeness (QED) is 0.217. The lowest BCUT2D eigenvalue weighted by molar-refractivity contribution is 0.998. The Morgan fingerprint density at radius 3 is 1.49 bits per heavy atom. The van der Waals surface area contributed by atoms with Crippen molar-refractivity contribution >= 4 is 37.1 Å². The van der Waals surface area contributed by atoms with Gasteiger partial charge >= 0.3 is 0 Å². The van der Waals surface area contributed by atoms with E-state index in [2.05, 4.69) is 137 Å². The number of hydrogen-bond acceptors (Lipinski definition) is 0. The van der Waals surface area contributed by atoms with E-state index in [9.17, 15) is 0 Å². The van der Waals surface area contributed by atoms with Gasteiger partial charge in [-0.2, -0.15) is 0 Å². The van der Waals surface area contributed by atoms with Crippen LogP contribution < -0.4 is 21.2 Å². The van der Waals surface area contributed by atoms with Crippen LogP contribution in [0.4, 0.5) is 0 Å². The summed E-state index contributed by atoms with van der Waals surface area (Å²) in [5, 5.41) is 7.68. The molecule has 0 heterocycles. The molecular formula is C35H36P2. The highest BCUT2D eigenvalue weighted by atomic mass is 31.1. The number of benzene rings is 4. The van der Waals surface area contributed by atoms with Gasteiger partial charge in [0.05, 0.1) is 0 Å². The van der Waals surface area contributed by atoms with E-state index in [4.69, 9.17) is 0 Å². The molecule has 1 aliphatic carbocycles. The van der Waals surface area contributed by atoms with Crippen LogP contribution in [0.2, 0.25) is 0 Å². The Kier molecular flexibility index (Phi) is 8.20. The fourth-order valence-corrected chi connectivity index (χ4v) is 11.6. The zero-order valence-corrected chi connectivity index (χ0v) is 24.2. The molecule has 0 atom stereocenters. The lowest BCUT2D eigenvalue weighted by atomic mass is 10.1. The van der Waals surface area contributed by atoms with Gasteiger partial charge in [-0.15, -0.1) is 0 Å². The van der Waals surface area contributed by atoms with Crippen LogP contribution in [0, 0.1) is 27.7 Å². The molecule has 186 valence electrons. The normalized spacial score (nSPS) is 13.6. The summed E-state index contributed by atoms with van der Waals surface area (Å²) in [7, 11) is -1.11. The van der Waals surface area contributed by atoms with Gasteiger partial charge in [0, 0.05) is 6.16 Å². The Morgan fingerprint density at radius 1 is 0.568 bits per heavy atom. The van der Waals surface area contributed by atoms with Crippen molar-refractivity contribution in [1.82, 2.24) is 0 Å². The molecule has 4 aromatic rings. The summed E-state index contributed by atoms with van der Waals surface area (Å²) in [4.78, 5) is 0. The molecule has 0 nitrogen and oxygen atoms in total. The molecule has 0 saturated heterocycles. The van der Waals surface area contributed by atoms with E-state index < -0.39 is 15.8 Å². The summed E-state index contributed by atoms with van der Waals surface area (Å²) < 4.78 is 0. The van der Waals surface area contributed by atoms with Gasteiger partial charge in [-0.05, 0) is 111 Å². The lowest BCUT2D eigenvalue weighted by Crippen LogP contribution is -2.24. The van der Waals surface area contributed by atoms with Crippen molar-refractivity contribution in [2.24, 2.45) is 0 Å². The largest absolute Gasteiger partial charge is 0.0839 e. The first-order valence-corrected chi connectivity index (χ1v) is 16.1. The van der Waals surface area contributed by atoms with Crippen LogP contribution in [0.5, 0.6) is 0 Å². The molecule has 0 radical (unpaired) electrons. The number of rotatable bonds is 7. The molecule has 0 bridgehead atoms. The van der Waals surface area contributed by atoms with Crippen molar-refractivity contribution in [2.75, 3.05) is 6.16 Å². The monoisotopic (exact) mass is 518 g/mol. The fourth-order valence-electron chi connectivity index (χ4n) is 5.62.